The number of fused-ring (bicyclic) bond motifs is 4. The summed E-state index contributed by atoms with van der Waals surface area (Å²) in [5.41, 5.74) is 7.84. The molecule has 0 N–H and O–H groups in total. The Morgan fingerprint density at radius 3 is 2.33 bits per heavy atom. The van der Waals surface area contributed by atoms with Crippen LogP contribution in [0.4, 0.5) is 11.4 Å². The molecule has 0 spiro atoms. The van der Waals surface area contributed by atoms with Gasteiger partial charge in [-0.2, -0.15) is 0 Å². The van der Waals surface area contributed by atoms with Gasteiger partial charge in [-0.25, -0.2) is 0 Å². The summed E-state index contributed by atoms with van der Waals surface area (Å²) in [6, 6.07) is 20.5. The van der Waals surface area contributed by atoms with Crippen molar-refractivity contribution in [2.45, 2.75) is 6.92 Å². The molecular weight excluding hydrogens is 332 g/mol. The Balaban J connectivity index is 1.94. The summed E-state index contributed by atoms with van der Waals surface area (Å²) in [7, 11) is 4.10. The van der Waals surface area contributed by atoms with Crippen LogP contribution >= 0.6 is 0 Å². The van der Waals surface area contributed by atoms with Gasteiger partial charge in [-0.15, -0.1) is 0 Å². The second-order valence-electron chi connectivity index (χ2n) is 7.07. The maximum atomic E-state index is 13.2. The van der Waals surface area contributed by atoms with E-state index in [0.29, 0.717) is 0 Å². The number of aryl methyl sites for hydroxylation is 1. The van der Waals surface area contributed by atoms with Gasteiger partial charge in [0.15, 0.2) is 5.43 Å². The number of allylic oxidation sites excluding steroid dienone is 1. The molecule has 0 bridgehead atoms. The zero-order valence-corrected chi connectivity index (χ0v) is 15.7. The largest absolute Gasteiger partial charge is 0.344 e. The van der Waals surface area contributed by atoms with Crippen LogP contribution in [0.2, 0.25) is 0 Å². The molecule has 0 amide bonds. The van der Waals surface area contributed by atoms with Crippen LogP contribution in [0.5, 0.6) is 0 Å². The molecule has 0 radical (unpaired) electrons. The van der Waals surface area contributed by atoms with Gasteiger partial charge < -0.3 is 9.47 Å². The van der Waals surface area contributed by atoms with Crippen molar-refractivity contribution in [2.75, 3.05) is 11.9 Å². The maximum absolute atomic E-state index is 13.2. The molecule has 27 heavy (non-hydrogen) atoms. The molecule has 0 atom stereocenters. The molecule has 3 heteroatoms. The molecule has 1 aromatic heterocycles. The van der Waals surface area contributed by atoms with Crippen molar-refractivity contribution >= 4 is 38.8 Å². The summed E-state index contributed by atoms with van der Waals surface area (Å²) in [5.74, 6) is 0. The first-order valence-electron chi connectivity index (χ1n) is 9.17. The highest BCUT2D eigenvalue weighted by Gasteiger charge is 2.25. The van der Waals surface area contributed by atoms with E-state index in [2.05, 4.69) is 65.9 Å². The topological polar surface area (TPSA) is 25.2 Å². The van der Waals surface area contributed by atoms with Gasteiger partial charge in [0.2, 0.25) is 0 Å². The van der Waals surface area contributed by atoms with Gasteiger partial charge >= 0.3 is 0 Å². The lowest BCUT2D eigenvalue weighted by atomic mass is 9.89. The van der Waals surface area contributed by atoms with E-state index in [9.17, 15) is 4.79 Å². The fourth-order valence-corrected chi connectivity index (χ4v) is 4.34. The van der Waals surface area contributed by atoms with Crippen molar-refractivity contribution in [3.63, 3.8) is 0 Å². The van der Waals surface area contributed by atoms with Crippen molar-refractivity contribution in [1.82, 2.24) is 4.57 Å². The molecule has 0 unspecified atom stereocenters. The normalized spacial score (nSPS) is 14.6. The van der Waals surface area contributed by atoms with E-state index in [4.69, 9.17) is 0 Å². The smallest absolute Gasteiger partial charge is 0.197 e. The van der Waals surface area contributed by atoms with Crippen LogP contribution < -0.4 is 10.3 Å². The Kier molecular flexibility index (Phi) is 3.28. The van der Waals surface area contributed by atoms with Crippen LogP contribution in [-0.4, -0.2) is 11.6 Å². The monoisotopic (exact) mass is 352 g/mol. The van der Waals surface area contributed by atoms with Gasteiger partial charge in [-0.3, -0.25) is 4.79 Å². The average Bonchev–Trinajstić information content (AvgIpc) is 2.72. The van der Waals surface area contributed by atoms with Crippen LogP contribution in [0.3, 0.4) is 0 Å². The Hall–Kier alpha value is -3.33. The third-order valence-electron chi connectivity index (χ3n) is 5.73. The first-order chi connectivity index (χ1) is 13.1. The number of pyridine rings is 1. The Morgan fingerprint density at radius 1 is 0.778 bits per heavy atom. The average molecular weight is 352 g/mol. The zero-order valence-electron chi connectivity index (χ0n) is 15.7. The van der Waals surface area contributed by atoms with E-state index in [1.165, 1.54) is 11.1 Å². The highest BCUT2D eigenvalue weighted by atomic mass is 16.1. The van der Waals surface area contributed by atoms with Crippen molar-refractivity contribution in [3.05, 3.63) is 88.1 Å². The molecule has 0 aliphatic carbocycles. The van der Waals surface area contributed by atoms with Gasteiger partial charge in [0, 0.05) is 47.4 Å². The van der Waals surface area contributed by atoms with Crippen molar-refractivity contribution in [2.24, 2.45) is 7.05 Å². The van der Waals surface area contributed by atoms with Gasteiger partial charge in [0.05, 0.1) is 11.0 Å². The van der Waals surface area contributed by atoms with Crippen molar-refractivity contribution < 1.29 is 0 Å². The lowest BCUT2D eigenvalue weighted by Crippen LogP contribution is -2.19. The number of hydrogen-bond acceptors (Lipinski definition) is 2. The summed E-state index contributed by atoms with van der Waals surface area (Å²) >= 11 is 0. The van der Waals surface area contributed by atoms with E-state index in [1.807, 2.05) is 31.3 Å². The van der Waals surface area contributed by atoms with Gasteiger partial charge in [-0.05, 0) is 42.8 Å². The second-order valence-corrected chi connectivity index (χ2v) is 7.07. The second kappa shape index (κ2) is 5.58. The number of benzene rings is 3. The highest BCUT2D eigenvalue weighted by Crippen LogP contribution is 2.45. The molecule has 5 rings (SSSR count). The molecule has 0 saturated carbocycles. The third kappa shape index (κ3) is 2.05. The quantitative estimate of drug-likeness (QED) is 0.405. The van der Waals surface area contributed by atoms with Crippen molar-refractivity contribution in [3.8, 4) is 0 Å². The van der Waals surface area contributed by atoms with Gasteiger partial charge in [-0.1, -0.05) is 36.4 Å². The summed E-state index contributed by atoms with van der Waals surface area (Å²) in [6.07, 6.45) is 2.16. The molecule has 4 aromatic rings. The number of para-hydroxylation sites is 2. The summed E-state index contributed by atoms with van der Waals surface area (Å²) in [4.78, 5) is 15.4. The van der Waals surface area contributed by atoms with Gasteiger partial charge in [0.1, 0.15) is 0 Å². The fourth-order valence-electron chi connectivity index (χ4n) is 4.34. The number of hydrogen-bond donors (Lipinski definition) is 0. The minimum Gasteiger partial charge on any atom is -0.344 e. The molecule has 132 valence electrons. The van der Waals surface area contributed by atoms with E-state index in [0.717, 1.165) is 38.7 Å². The summed E-state index contributed by atoms with van der Waals surface area (Å²) in [6.45, 7) is 2.07. The predicted octanol–water partition coefficient (Wildman–Crippen LogP) is 5.22. The Morgan fingerprint density at radius 2 is 1.52 bits per heavy atom. The lowest BCUT2D eigenvalue weighted by Gasteiger charge is -2.32. The van der Waals surface area contributed by atoms with E-state index in [-0.39, 0.29) is 5.43 Å². The predicted molar refractivity (Wildman–Crippen MR) is 114 cm³/mol. The molecule has 0 fully saturated rings. The SMILES string of the molecule is CC=C1c2ccccc2N(C)c2cc3c(=O)c4ccccc4n(C)c3cc21. The fraction of sp³-hybridized carbons (Fsp3) is 0.125. The Labute approximate surface area is 157 Å². The summed E-state index contributed by atoms with van der Waals surface area (Å²) in [5, 5.41) is 1.52. The third-order valence-corrected chi connectivity index (χ3v) is 5.73. The summed E-state index contributed by atoms with van der Waals surface area (Å²) < 4.78 is 2.13. The zero-order chi connectivity index (χ0) is 18.7. The number of nitrogens with zero attached hydrogens (tertiary/aromatic N) is 2. The maximum Gasteiger partial charge on any atom is 0.197 e. The van der Waals surface area contributed by atoms with Gasteiger partial charge in [0.25, 0.3) is 0 Å². The molecule has 3 nitrogen and oxygen atoms in total. The minimum absolute atomic E-state index is 0.0933. The number of rotatable bonds is 0. The molecule has 1 aliphatic heterocycles. The van der Waals surface area contributed by atoms with E-state index < -0.39 is 0 Å². The van der Waals surface area contributed by atoms with Crippen LogP contribution in [0.15, 0.2) is 71.5 Å². The lowest BCUT2D eigenvalue weighted by molar-refractivity contribution is 1.00. The van der Waals surface area contributed by atoms with Crippen molar-refractivity contribution in [1.29, 1.82) is 0 Å². The molecule has 1 aliphatic rings. The number of aromatic nitrogens is 1. The Bertz CT molecular complexity index is 1330. The van der Waals surface area contributed by atoms with E-state index >= 15 is 0 Å². The molecule has 3 aromatic carbocycles. The highest BCUT2D eigenvalue weighted by molar-refractivity contribution is 6.04. The molecular formula is C24H20N2O. The van der Waals surface area contributed by atoms with E-state index in [1.54, 1.807) is 0 Å². The molecule has 0 saturated heterocycles. The van der Waals surface area contributed by atoms with Crippen LogP contribution in [0.25, 0.3) is 27.4 Å². The first-order valence-corrected chi connectivity index (χ1v) is 9.17. The van der Waals surface area contributed by atoms with Crippen LogP contribution in [0, 0.1) is 0 Å². The molecule has 2 heterocycles. The van der Waals surface area contributed by atoms with Crippen LogP contribution in [0.1, 0.15) is 18.1 Å². The first kappa shape index (κ1) is 15.9. The number of anilines is 2. The minimum atomic E-state index is 0.0933. The van der Waals surface area contributed by atoms with Crippen LogP contribution in [-0.2, 0) is 7.05 Å². The standard InChI is InChI=1S/C24H20N2O/c1-4-15-16-9-5-7-11-20(16)25(2)22-14-19-23(13-18(15)22)26(3)21-12-8-6-10-17(21)24(19)27/h4-14H,1-3H3.